The molecule has 0 aliphatic rings. The first-order chi connectivity index (χ1) is 12.5. The van der Waals surface area contributed by atoms with Gasteiger partial charge in [0.2, 0.25) is 0 Å². The van der Waals surface area contributed by atoms with Crippen molar-refractivity contribution in [2.24, 2.45) is 0 Å². The van der Waals surface area contributed by atoms with Gasteiger partial charge in [0.25, 0.3) is 5.56 Å². The Bertz CT molecular complexity index is 914. The molecule has 1 aromatic heterocycles. The summed E-state index contributed by atoms with van der Waals surface area (Å²) in [5.41, 5.74) is -2.98. The molecule has 0 radical (unpaired) electrons. The largest absolute Gasteiger partial charge is 0.477 e. The Balaban J connectivity index is 2.44. The van der Waals surface area contributed by atoms with Crippen molar-refractivity contribution in [3.05, 3.63) is 51.2 Å². The van der Waals surface area contributed by atoms with E-state index in [0.29, 0.717) is 10.9 Å². The van der Waals surface area contributed by atoms with Gasteiger partial charge in [0.15, 0.2) is 11.9 Å². The average Bonchev–Trinajstić information content (AvgIpc) is 2.57. The highest BCUT2D eigenvalue weighted by molar-refractivity contribution is 6.32. The van der Waals surface area contributed by atoms with E-state index in [-0.39, 0.29) is 23.4 Å². The lowest BCUT2D eigenvalue weighted by Crippen LogP contribution is -2.27. The first-order valence-corrected chi connectivity index (χ1v) is 7.91. The summed E-state index contributed by atoms with van der Waals surface area (Å²) in [5.74, 6) is -1.91. The molecule has 2 aromatic rings. The van der Waals surface area contributed by atoms with Crippen LogP contribution in [0.3, 0.4) is 0 Å². The molecule has 0 spiro atoms. The van der Waals surface area contributed by atoms with Gasteiger partial charge in [-0.05, 0) is 19.9 Å². The van der Waals surface area contributed by atoms with Crippen LogP contribution >= 0.6 is 11.6 Å². The molecule has 1 unspecified atom stereocenters. The van der Waals surface area contributed by atoms with Crippen LogP contribution in [-0.2, 0) is 15.7 Å². The smallest absolute Gasteiger partial charge is 0.418 e. The lowest BCUT2D eigenvalue weighted by Gasteiger charge is -2.16. The highest BCUT2D eigenvalue weighted by Gasteiger charge is 2.32. The van der Waals surface area contributed by atoms with Gasteiger partial charge in [-0.1, -0.05) is 11.6 Å². The zero-order valence-corrected chi connectivity index (χ0v) is 14.8. The van der Waals surface area contributed by atoms with E-state index in [1.165, 1.54) is 6.92 Å². The molecule has 0 N–H and O–H groups in total. The van der Waals surface area contributed by atoms with Crippen LogP contribution in [0.4, 0.5) is 17.6 Å². The Hall–Kier alpha value is -2.62. The summed E-state index contributed by atoms with van der Waals surface area (Å²) in [6.45, 7) is 3.07. The molecule has 2 rings (SSSR count). The van der Waals surface area contributed by atoms with E-state index in [4.69, 9.17) is 21.1 Å². The van der Waals surface area contributed by atoms with Crippen LogP contribution in [0.15, 0.2) is 29.2 Å². The van der Waals surface area contributed by atoms with Crippen molar-refractivity contribution in [1.29, 1.82) is 0 Å². The van der Waals surface area contributed by atoms with E-state index < -0.39 is 40.9 Å². The molecule has 0 aliphatic heterocycles. The molecule has 0 saturated carbocycles. The summed E-state index contributed by atoms with van der Waals surface area (Å²) in [6, 6.07) is 2.02. The van der Waals surface area contributed by atoms with Crippen LogP contribution in [0.1, 0.15) is 19.4 Å². The predicted molar refractivity (Wildman–Crippen MR) is 86.5 cm³/mol. The maximum absolute atomic E-state index is 14.2. The summed E-state index contributed by atoms with van der Waals surface area (Å²) in [7, 11) is 0. The van der Waals surface area contributed by atoms with Crippen molar-refractivity contribution < 1.29 is 31.8 Å². The SMILES string of the molecule is CCOC(=O)C(C)Oc1cc(-n2ncc(C(F)(F)F)cc2=O)c(F)cc1Cl. The van der Waals surface area contributed by atoms with Crippen molar-refractivity contribution in [3.8, 4) is 11.4 Å². The van der Waals surface area contributed by atoms with Gasteiger partial charge in [0, 0.05) is 12.1 Å². The van der Waals surface area contributed by atoms with Crippen molar-refractivity contribution >= 4 is 17.6 Å². The zero-order valence-electron chi connectivity index (χ0n) is 14.0. The minimum atomic E-state index is -4.77. The summed E-state index contributed by atoms with van der Waals surface area (Å²) >= 11 is 5.87. The van der Waals surface area contributed by atoms with Gasteiger partial charge in [-0.3, -0.25) is 4.79 Å². The van der Waals surface area contributed by atoms with Gasteiger partial charge >= 0.3 is 12.1 Å². The van der Waals surface area contributed by atoms with Crippen LogP contribution in [0.25, 0.3) is 5.69 Å². The van der Waals surface area contributed by atoms with Gasteiger partial charge < -0.3 is 9.47 Å². The summed E-state index contributed by atoms with van der Waals surface area (Å²) in [5, 5.41) is 3.13. The molecule has 1 heterocycles. The van der Waals surface area contributed by atoms with E-state index in [9.17, 15) is 27.2 Å². The fraction of sp³-hybridized carbons (Fsp3) is 0.312. The lowest BCUT2D eigenvalue weighted by molar-refractivity contribution is -0.150. The third-order valence-corrected chi connectivity index (χ3v) is 3.57. The molecule has 6 nitrogen and oxygen atoms in total. The number of carbonyl (C=O) groups excluding carboxylic acids is 1. The fourth-order valence-corrected chi connectivity index (χ4v) is 2.21. The van der Waals surface area contributed by atoms with Crippen molar-refractivity contribution in [2.45, 2.75) is 26.1 Å². The summed E-state index contributed by atoms with van der Waals surface area (Å²) in [6.07, 6.45) is -5.48. The average molecular weight is 409 g/mol. The number of carbonyl (C=O) groups is 1. The zero-order chi connectivity index (χ0) is 20.4. The second-order valence-electron chi connectivity index (χ2n) is 5.24. The van der Waals surface area contributed by atoms with Crippen LogP contribution in [0.2, 0.25) is 5.02 Å². The number of halogens is 5. The number of aromatic nitrogens is 2. The first-order valence-electron chi connectivity index (χ1n) is 7.54. The predicted octanol–water partition coefficient (Wildman–Crippen LogP) is 3.37. The first kappa shape index (κ1) is 20.7. The normalized spacial score (nSPS) is 12.6. The maximum atomic E-state index is 14.2. The fourth-order valence-electron chi connectivity index (χ4n) is 2.01. The second kappa shape index (κ2) is 7.95. The number of rotatable bonds is 5. The Morgan fingerprint density at radius 1 is 1.33 bits per heavy atom. The van der Waals surface area contributed by atoms with Gasteiger partial charge in [0.1, 0.15) is 11.4 Å². The molecule has 0 aliphatic carbocycles. The molecule has 0 saturated heterocycles. The lowest BCUT2D eigenvalue weighted by atomic mass is 10.2. The van der Waals surface area contributed by atoms with Gasteiger partial charge in [-0.15, -0.1) is 0 Å². The van der Waals surface area contributed by atoms with E-state index >= 15 is 0 Å². The van der Waals surface area contributed by atoms with Gasteiger partial charge in [0.05, 0.1) is 23.4 Å². The monoisotopic (exact) mass is 408 g/mol. The van der Waals surface area contributed by atoms with E-state index in [0.717, 1.165) is 12.1 Å². The summed E-state index contributed by atoms with van der Waals surface area (Å²) < 4.78 is 62.6. The van der Waals surface area contributed by atoms with E-state index in [2.05, 4.69) is 5.10 Å². The third kappa shape index (κ3) is 4.76. The highest BCUT2D eigenvalue weighted by atomic mass is 35.5. The quantitative estimate of drug-likeness (QED) is 0.560. The summed E-state index contributed by atoms with van der Waals surface area (Å²) in [4.78, 5) is 23.6. The second-order valence-corrected chi connectivity index (χ2v) is 5.65. The van der Waals surface area contributed by atoms with Crippen molar-refractivity contribution in [2.75, 3.05) is 6.61 Å². The number of nitrogens with zero attached hydrogens (tertiary/aromatic N) is 2. The van der Waals surface area contributed by atoms with Crippen LogP contribution in [-0.4, -0.2) is 28.5 Å². The number of ether oxygens (including phenoxy) is 2. The minimum absolute atomic E-state index is 0.111. The molecule has 1 aromatic carbocycles. The van der Waals surface area contributed by atoms with Gasteiger partial charge in [-0.2, -0.15) is 23.0 Å². The van der Waals surface area contributed by atoms with Crippen molar-refractivity contribution in [1.82, 2.24) is 9.78 Å². The molecule has 0 fully saturated rings. The maximum Gasteiger partial charge on any atom is 0.418 e. The van der Waals surface area contributed by atoms with Crippen LogP contribution in [0.5, 0.6) is 5.75 Å². The number of alkyl halides is 3. The van der Waals surface area contributed by atoms with E-state index in [1.54, 1.807) is 6.92 Å². The van der Waals surface area contributed by atoms with Crippen LogP contribution in [0, 0.1) is 5.82 Å². The standard InChI is InChI=1S/C16H13ClF4N2O4/c1-3-26-15(25)8(2)27-13-6-12(11(18)5-10(13)17)23-14(24)4-9(7-22-23)16(19,20)21/h4-8H,3H2,1-2H3. The van der Waals surface area contributed by atoms with E-state index in [1.807, 2.05) is 0 Å². The minimum Gasteiger partial charge on any atom is -0.477 e. The third-order valence-electron chi connectivity index (χ3n) is 3.28. The molecule has 11 heteroatoms. The molecular formula is C16H13ClF4N2O4. The topological polar surface area (TPSA) is 70.4 Å². The highest BCUT2D eigenvalue weighted by Crippen LogP contribution is 2.31. The number of hydrogen-bond donors (Lipinski definition) is 0. The Morgan fingerprint density at radius 2 is 2.00 bits per heavy atom. The number of esters is 1. The van der Waals surface area contributed by atoms with Crippen molar-refractivity contribution in [3.63, 3.8) is 0 Å². The Morgan fingerprint density at radius 3 is 2.56 bits per heavy atom. The van der Waals surface area contributed by atoms with Crippen LogP contribution < -0.4 is 10.3 Å². The molecule has 0 amide bonds. The number of hydrogen-bond acceptors (Lipinski definition) is 5. The van der Waals surface area contributed by atoms with Gasteiger partial charge in [-0.25, -0.2) is 9.18 Å². The number of benzene rings is 1. The molecule has 0 bridgehead atoms. The molecule has 1 atom stereocenters. The molecule has 146 valence electrons. The Labute approximate surface area is 155 Å². The molecule has 27 heavy (non-hydrogen) atoms. The molecular weight excluding hydrogens is 396 g/mol. The Kier molecular flexibility index (Phi) is 6.09.